The van der Waals surface area contributed by atoms with Gasteiger partial charge in [0.15, 0.2) is 0 Å². The average Bonchev–Trinajstić information content (AvgIpc) is 2.60. The quantitative estimate of drug-likeness (QED) is 0.391. The number of hydrogen-bond donors (Lipinski definition) is 0. The number of ether oxygens (including phenoxy) is 1. The highest BCUT2D eigenvalue weighted by Crippen LogP contribution is 2.39. The zero-order valence-corrected chi connectivity index (χ0v) is 16.0. The van der Waals surface area contributed by atoms with Gasteiger partial charge in [0.05, 0.1) is 12.0 Å². The lowest BCUT2D eigenvalue weighted by atomic mass is 9.80. The molecule has 2 aliphatic carbocycles. The normalized spacial score (nSPS) is 31.2. The van der Waals surface area contributed by atoms with Crippen molar-refractivity contribution in [3.8, 4) is 0 Å². The average molecular weight is 363 g/mol. The van der Waals surface area contributed by atoms with Crippen LogP contribution >= 0.6 is 0 Å². The summed E-state index contributed by atoms with van der Waals surface area (Å²) in [5, 5.41) is 0. The summed E-state index contributed by atoms with van der Waals surface area (Å²) in [7, 11) is 0. The molecule has 0 aromatic carbocycles. The summed E-state index contributed by atoms with van der Waals surface area (Å²) in [6.07, 6.45) is 11.1. The van der Waals surface area contributed by atoms with E-state index in [-0.39, 0.29) is 18.9 Å². The third-order valence-electron chi connectivity index (χ3n) is 6.39. The first-order valence-electron chi connectivity index (χ1n) is 10.7. The predicted molar refractivity (Wildman–Crippen MR) is 96.6 cm³/mol. The van der Waals surface area contributed by atoms with Crippen molar-refractivity contribution < 1.29 is 17.9 Å². The van der Waals surface area contributed by atoms with E-state index in [1.54, 1.807) is 0 Å². The number of alkyl halides is 3. The SMILES string of the molecule is CCCCCCCC1CCC(COC2CCC(C(F)(F)F)CC2)CC1. The van der Waals surface area contributed by atoms with Crippen LogP contribution in [0, 0.1) is 17.8 Å². The van der Waals surface area contributed by atoms with Gasteiger partial charge in [-0.15, -0.1) is 0 Å². The Morgan fingerprint density at radius 3 is 1.96 bits per heavy atom. The Morgan fingerprint density at radius 2 is 1.36 bits per heavy atom. The third kappa shape index (κ3) is 7.88. The van der Waals surface area contributed by atoms with Crippen molar-refractivity contribution in [3.63, 3.8) is 0 Å². The monoisotopic (exact) mass is 362 g/mol. The van der Waals surface area contributed by atoms with Crippen molar-refractivity contribution in [3.05, 3.63) is 0 Å². The van der Waals surface area contributed by atoms with Crippen LogP contribution in [0.15, 0.2) is 0 Å². The number of unbranched alkanes of at least 4 members (excludes halogenated alkanes) is 4. The van der Waals surface area contributed by atoms with Gasteiger partial charge in [0, 0.05) is 6.61 Å². The summed E-state index contributed by atoms with van der Waals surface area (Å²) in [5.74, 6) is 0.442. The van der Waals surface area contributed by atoms with E-state index in [0.29, 0.717) is 18.8 Å². The van der Waals surface area contributed by atoms with E-state index >= 15 is 0 Å². The Hall–Kier alpha value is -0.250. The zero-order chi connectivity index (χ0) is 18.1. The molecular formula is C21H37F3O. The van der Waals surface area contributed by atoms with Gasteiger partial charge in [-0.3, -0.25) is 0 Å². The predicted octanol–water partition coefficient (Wildman–Crippen LogP) is 7.29. The van der Waals surface area contributed by atoms with Crippen LogP contribution < -0.4 is 0 Å². The van der Waals surface area contributed by atoms with Crippen LogP contribution in [0.5, 0.6) is 0 Å². The van der Waals surface area contributed by atoms with Crippen LogP contribution in [-0.2, 0) is 4.74 Å². The molecule has 4 heteroatoms. The molecule has 25 heavy (non-hydrogen) atoms. The van der Waals surface area contributed by atoms with Crippen molar-refractivity contribution in [2.75, 3.05) is 6.61 Å². The van der Waals surface area contributed by atoms with Gasteiger partial charge in [-0.05, 0) is 50.4 Å². The number of hydrogen-bond acceptors (Lipinski definition) is 1. The Bertz CT molecular complexity index is 340. The maximum absolute atomic E-state index is 12.7. The molecule has 0 amide bonds. The first-order valence-corrected chi connectivity index (χ1v) is 10.7. The number of halogens is 3. The topological polar surface area (TPSA) is 9.23 Å². The maximum Gasteiger partial charge on any atom is 0.391 e. The van der Waals surface area contributed by atoms with E-state index in [2.05, 4.69) is 6.92 Å². The second kappa shape index (κ2) is 10.8. The highest BCUT2D eigenvalue weighted by molar-refractivity contribution is 4.78. The second-order valence-corrected chi connectivity index (χ2v) is 8.44. The first kappa shape index (κ1) is 21.1. The van der Waals surface area contributed by atoms with Crippen molar-refractivity contribution >= 4 is 0 Å². The summed E-state index contributed by atoms with van der Waals surface area (Å²) in [4.78, 5) is 0. The first-order chi connectivity index (χ1) is 12.0. The van der Waals surface area contributed by atoms with Crippen LogP contribution in [0.4, 0.5) is 13.2 Å². The van der Waals surface area contributed by atoms with E-state index in [1.165, 1.54) is 64.2 Å². The van der Waals surface area contributed by atoms with Gasteiger partial charge in [-0.25, -0.2) is 0 Å². The van der Waals surface area contributed by atoms with Gasteiger partial charge in [-0.1, -0.05) is 58.3 Å². The molecule has 0 unspecified atom stereocenters. The van der Waals surface area contributed by atoms with Crippen LogP contribution in [0.1, 0.15) is 96.8 Å². The highest BCUT2D eigenvalue weighted by atomic mass is 19.4. The molecule has 2 fully saturated rings. The standard InChI is InChI=1S/C21H37F3O/c1-2-3-4-5-6-7-17-8-10-18(11-9-17)16-25-20-14-12-19(13-15-20)21(22,23)24/h17-20H,2-16H2,1H3. The van der Waals surface area contributed by atoms with Gasteiger partial charge in [-0.2, -0.15) is 13.2 Å². The molecular weight excluding hydrogens is 325 g/mol. The van der Waals surface area contributed by atoms with E-state index in [0.717, 1.165) is 12.5 Å². The molecule has 148 valence electrons. The molecule has 0 spiro atoms. The van der Waals surface area contributed by atoms with Gasteiger partial charge >= 0.3 is 6.18 Å². The number of rotatable bonds is 9. The molecule has 0 aliphatic heterocycles. The smallest absolute Gasteiger partial charge is 0.378 e. The van der Waals surface area contributed by atoms with Crippen LogP contribution in [0.3, 0.4) is 0 Å². The Kier molecular flexibility index (Phi) is 9.09. The van der Waals surface area contributed by atoms with Crippen LogP contribution in [0.2, 0.25) is 0 Å². The molecule has 0 N–H and O–H groups in total. The van der Waals surface area contributed by atoms with Gasteiger partial charge in [0.25, 0.3) is 0 Å². The maximum atomic E-state index is 12.7. The van der Waals surface area contributed by atoms with Crippen molar-refractivity contribution in [2.45, 2.75) is 109 Å². The molecule has 0 aromatic heterocycles. The fourth-order valence-electron chi connectivity index (χ4n) is 4.55. The molecule has 1 nitrogen and oxygen atoms in total. The lowest BCUT2D eigenvalue weighted by Crippen LogP contribution is -2.31. The molecule has 2 saturated carbocycles. The highest BCUT2D eigenvalue weighted by Gasteiger charge is 2.41. The molecule has 2 aliphatic rings. The zero-order valence-electron chi connectivity index (χ0n) is 16.0. The minimum absolute atomic E-state index is 0.0647. The van der Waals surface area contributed by atoms with Crippen LogP contribution in [-0.4, -0.2) is 18.9 Å². The lowest BCUT2D eigenvalue weighted by molar-refractivity contribution is -0.188. The Balaban J connectivity index is 1.51. The molecule has 0 radical (unpaired) electrons. The van der Waals surface area contributed by atoms with Crippen molar-refractivity contribution in [2.24, 2.45) is 17.8 Å². The van der Waals surface area contributed by atoms with Gasteiger partial charge in [0.1, 0.15) is 0 Å². The summed E-state index contributed by atoms with van der Waals surface area (Å²) in [6.45, 7) is 3.02. The molecule has 2 rings (SSSR count). The molecule has 0 heterocycles. The fourth-order valence-corrected chi connectivity index (χ4v) is 4.55. The summed E-state index contributed by atoms with van der Waals surface area (Å²) >= 11 is 0. The molecule has 0 aromatic rings. The minimum atomic E-state index is -4.01. The fraction of sp³-hybridized carbons (Fsp3) is 1.00. The van der Waals surface area contributed by atoms with Crippen molar-refractivity contribution in [1.82, 2.24) is 0 Å². The summed E-state index contributed by atoms with van der Waals surface area (Å²) in [5.41, 5.74) is 0. The summed E-state index contributed by atoms with van der Waals surface area (Å²) < 4.78 is 44.0. The molecule has 0 saturated heterocycles. The minimum Gasteiger partial charge on any atom is -0.378 e. The Labute approximate surface area is 152 Å². The summed E-state index contributed by atoms with van der Waals surface area (Å²) in [6, 6.07) is 0. The molecule has 0 atom stereocenters. The largest absolute Gasteiger partial charge is 0.391 e. The van der Waals surface area contributed by atoms with E-state index in [9.17, 15) is 13.2 Å². The van der Waals surface area contributed by atoms with Crippen molar-refractivity contribution in [1.29, 1.82) is 0 Å². The van der Waals surface area contributed by atoms with E-state index in [1.807, 2.05) is 0 Å². The van der Waals surface area contributed by atoms with E-state index in [4.69, 9.17) is 4.74 Å². The van der Waals surface area contributed by atoms with Crippen LogP contribution in [0.25, 0.3) is 0 Å². The third-order valence-corrected chi connectivity index (χ3v) is 6.39. The van der Waals surface area contributed by atoms with E-state index < -0.39 is 12.1 Å². The molecule has 0 bridgehead atoms. The lowest BCUT2D eigenvalue weighted by Gasteiger charge is -2.32. The Morgan fingerprint density at radius 1 is 0.760 bits per heavy atom. The second-order valence-electron chi connectivity index (χ2n) is 8.44. The van der Waals surface area contributed by atoms with Gasteiger partial charge in [0.2, 0.25) is 0 Å². The van der Waals surface area contributed by atoms with Gasteiger partial charge < -0.3 is 4.74 Å².